The Morgan fingerprint density at radius 2 is 1.90 bits per heavy atom. The van der Waals surface area contributed by atoms with Gasteiger partial charge >= 0.3 is 0 Å². The van der Waals surface area contributed by atoms with Crippen molar-refractivity contribution in [3.63, 3.8) is 0 Å². The number of benzene rings is 2. The third-order valence-corrected chi connectivity index (χ3v) is 5.98. The first-order valence-corrected chi connectivity index (χ1v) is 10.5. The van der Waals surface area contributed by atoms with Crippen LogP contribution in [0.4, 0.5) is 0 Å². The lowest BCUT2D eigenvalue weighted by Crippen LogP contribution is -2.47. The van der Waals surface area contributed by atoms with E-state index in [2.05, 4.69) is 41.0 Å². The first-order chi connectivity index (χ1) is 13.7. The molecule has 0 radical (unpaired) electrons. The van der Waals surface area contributed by atoms with Gasteiger partial charge < -0.3 is 15.5 Å². The molecule has 2 fully saturated rings. The summed E-state index contributed by atoms with van der Waals surface area (Å²) in [6.45, 7) is 3.15. The number of nitrogens with one attached hydrogen (secondary N) is 2. The van der Waals surface area contributed by atoms with E-state index < -0.39 is 0 Å². The minimum absolute atomic E-state index is 0. The summed E-state index contributed by atoms with van der Waals surface area (Å²) >= 11 is 0. The van der Waals surface area contributed by atoms with E-state index in [9.17, 15) is 9.59 Å². The molecule has 156 valence electrons. The van der Waals surface area contributed by atoms with E-state index in [-0.39, 0.29) is 30.3 Å². The van der Waals surface area contributed by atoms with Gasteiger partial charge in [0.1, 0.15) is 0 Å². The Morgan fingerprint density at radius 1 is 1.07 bits per heavy atom. The van der Waals surface area contributed by atoms with Crippen molar-refractivity contribution in [1.29, 1.82) is 0 Å². The molecule has 0 aliphatic carbocycles. The van der Waals surface area contributed by atoms with Crippen molar-refractivity contribution in [2.45, 2.75) is 38.1 Å². The molecule has 2 aliphatic heterocycles. The van der Waals surface area contributed by atoms with Gasteiger partial charge in [-0.25, -0.2) is 0 Å². The average molecular weight is 416 g/mol. The second-order valence-corrected chi connectivity index (χ2v) is 8.10. The standard InChI is InChI=1S/C23H29N3O2.ClH/c27-22(14-17-9-10-19-6-1-2-7-20(19)13-17)26-12-4-5-18(16-26)15-25-23(28)21-8-3-11-24-21;/h1-2,6-7,9-10,13,18,21,24H,3-5,8,11-12,14-16H2,(H,25,28);1H. The van der Waals surface area contributed by atoms with Gasteiger partial charge in [-0.2, -0.15) is 0 Å². The molecule has 2 unspecified atom stereocenters. The predicted octanol–water partition coefficient (Wildman–Crippen LogP) is 2.91. The maximum atomic E-state index is 12.8. The molecule has 2 aromatic carbocycles. The first-order valence-electron chi connectivity index (χ1n) is 10.5. The van der Waals surface area contributed by atoms with E-state index in [1.807, 2.05) is 17.0 Å². The highest BCUT2D eigenvalue weighted by Crippen LogP contribution is 2.19. The smallest absolute Gasteiger partial charge is 0.237 e. The number of rotatable bonds is 5. The summed E-state index contributed by atoms with van der Waals surface area (Å²) in [4.78, 5) is 27.0. The molecule has 0 bridgehead atoms. The molecular weight excluding hydrogens is 386 g/mol. The molecule has 2 amide bonds. The molecule has 6 heteroatoms. The molecule has 0 saturated carbocycles. The van der Waals surface area contributed by atoms with Crippen LogP contribution < -0.4 is 10.6 Å². The van der Waals surface area contributed by atoms with Gasteiger partial charge in [0, 0.05) is 19.6 Å². The number of hydrogen-bond acceptors (Lipinski definition) is 3. The highest BCUT2D eigenvalue weighted by molar-refractivity contribution is 5.86. The molecule has 2 heterocycles. The Kier molecular flexibility index (Phi) is 7.51. The summed E-state index contributed by atoms with van der Waals surface area (Å²) in [5, 5.41) is 8.69. The van der Waals surface area contributed by atoms with Crippen molar-refractivity contribution < 1.29 is 9.59 Å². The van der Waals surface area contributed by atoms with Gasteiger partial charge in [-0.3, -0.25) is 9.59 Å². The zero-order valence-electron chi connectivity index (χ0n) is 16.7. The maximum absolute atomic E-state index is 12.8. The summed E-state index contributed by atoms with van der Waals surface area (Å²) in [6.07, 6.45) is 4.51. The third kappa shape index (κ3) is 5.49. The lowest BCUT2D eigenvalue weighted by Gasteiger charge is -2.33. The normalized spacial score (nSPS) is 21.6. The fourth-order valence-corrected chi connectivity index (χ4v) is 4.37. The van der Waals surface area contributed by atoms with Crippen LogP contribution in [-0.2, 0) is 16.0 Å². The van der Waals surface area contributed by atoms with Crippen LogP contribution in [0.1, 0.15) is 31.2 Å². The van der Waals surface area contributed by atoms with Crippen molar-refractivity contribution >= 4 is 35.0 Å². The summed E-state index contributed by atoms with van der Waals surface area (Å²) < 4.78 is 0. The largest absolute Gasteiger partial charge is 0.354 e. The minimum Gasteiger partial charge on any atom is -0.354 e. The second kappa shape index (κ2) is 10.1. The zero-order chi connectivity index (χ0) is 19.3. The molecule has 5 nitrogen and oxygen atoms in total. The lowest BCUT2D eigenvalue weighted by atomic mass is 9.97. The first kappa shape index (κ1) is 21.6. The Balaban J connectivity index is 0.00000240. The molecule has 2 saturated heterocycles. The van der Waals surface area contributed by atoms with Crippen LogP contribution >= 0.6 is 12.4 Å². The third-order valence-electron chi connectivity index (χ3n) is 5.98. The number of amides is 2. The van der Waals surface area contributed by atoms with E-state index in [4.69, 9.17) is 0 Å². The van der Waals surface area contributed by atoms with Crippen molar-refractivity contribution in [1.82, 2.24) is 15.5 Å². The molecule has 2 atom stereocenters. The predicted molar refractivity (Wildman–Crippen MR) is 118 cm³/mol. The molecular formula is C23H30ClN3O2. The highest BCUT2D eigenvalue weighted by atomic mass is 35.5. The summed E-state index contributed by atoms with van der Waals surface area (Å²) in [5.41, 5.74) is 1.06. The fourth-order valence-electron chi connectivity index (χ4n) is 4.37. The Hall–Kier alpha value is -2.11. The van der Waals surface area contributed by atoms with E-state index in [1.165, 1.54) is 10.8 Å². The van der Waals surface area contributed by atoms with Crippen LogP contribution in [-0.4, -0.2) is 48.9 Å². The number of hydrogen-bond donors (Lipinski definition) is 2. The van der Waals surface area contributed by atoms with E-state index in [1.54, 1.807) is 0 Å². The number of piperidine rings is 1. The molecule has 29 heavy (non-hydrogen) atoms. The molecule has 0 aromatic heterocycles. The van der Waals surface area contributed by atoms with Crippen LogP contribution in [0.2, 0.25) is 0 Å². The molecule has 2 N–H and O–H groups in total. The van der Waals surface area contributed by atoms with E-state index in [0.29, 0.717) is 18.9 Å². The number of likely N-dealkylation sites (tertiary alicyclic amines) is 1. The Labute approximate surface area is 178 Å². The van der Waals surface area contributed by atoms with Crippen LogP contribution in [0, 0.1) is 5.92 Å². The minimum atomic E-state index is -0.0331. The van der Waals surface area contributed by atoms with Crippen molar-refractivity contribution in [2.75, 3.05) is 26.2 Å². The number of carbonyl (C=O) groups excluding carboxylic acids is 2. The lowest BCUT2D eigenvalue weighted by molar-refractivity contribution is -0.132. The average Bonchev–Trinajstić information content (AvgIpc) is 3.27. The van der Waals surface area contributed by atoms with Gasteiger partial charge in [0.15, 0.2) is 0 Å². The number of nitrogens with zero attached hydrogens (tertiary/aromatic N) is 1. The van der Waals surface area contributed by atoms with Crippen molar-refractivity contribution in [3.05, 3.63) is 48.0 Å². The molecule has 0 spiro atoms. The van der Waals surface area contributed by atoms with Gasteiger partial charge in [-0.05, 0) is 54.5 Å². The van der Waals surface area contributed by atoms with Crippen LogP contribution in [0.25, 0.3) is 10.8 Å². The van der Waals surface area contributed by atoms with Gasteiger partial charge in [0.05, 0.1) is 12.5 Å². The van der Waals surface area contributed by atoms with E-state index >= 15 is 0 Å². The summed E-state index contributed by atoms with van der Waals surface area (Å²) in [5.74, 6) is 0.639. The fraction of sp³-hybridized carbons (Fsp3) is 0.478. The molecule has 2 aliphatic rings. The molecule has 2 aromatic rings. The number of carbonyl (C=O) groups is 2. The monoisotopic (exact) mass is 415 g/mol. The van der Waals surface area contributed by atoms with Crippen LogP contribution in [0.5, 0.6) is 0 Å². The van der Waals surface area contributed by atoms with Crippen LogP contribution in [0.15, 0.2) is 42.5 Å². The van der Waals surface area contributed by atoms with Gasteiger partial charge in [-0.15, -0.1) is 12.4 Å². The van der Waals surface area contributed by atoms with E-state index in [0.717, 1.165) is 50.9 Å². The zero-order valence-corrected chi connectivity index (χ0v) is 17.5. The summed E-state index contributed by atoms with van der Waals surface area (Å²) in [6, 6.07) is 14.5. The second-order valence-electron chi connectivity index (χ2n) is 8.10. The quantitative estimate of drug-likeness (QED) is 0.789. The number of fused-ring (bicyclic) bond motifs is 1. The molecule has 4 rings (SSSR count). The topological polar surface area (TPSA) is 61.4 Å². The highest BCUT2D eigenvalue weighted by Gasteiger charge is 2.26. The Bertz CT molecular complexity index is 851. The number of halogens is 1. The van der Waals surface area contributed by atoms with Gasteiger partial charge in [-0.1, -0.05) is 42.5 Å². The van der Waals surface area contributed by atoms with Gasteiger partial charge in [0.25, 0.3) is 0 Å². The summed E-state index contributed by atoms with van der Waals surface area (Å²) in [7, 11) is 0. The van der Waals surface area contributed by atoms with Crippen molar-refractivity contribution in [3.8, 4) is 0 Å². The Morgan fingerprint density at radius 3 is 2.69 bits per heavy atom. The van der Waals surface area contributed by atoms with Crippen LogP contribution in [0.3, 0.4) is 0 Å². The SMILES string of the molecule is Cl.O=C(NCC1CCCN(C(=O)Cc2ccc3ccccc3c2)C1)C1CCCN1. The maximum Gasteiger partial charge on any atom is 0.237 e. The van der Waals surface area contributed by atoms with Crippen molar-refractivity contribution in [2.24, 2.45) is 5.92 Å². The van der Waals surface area contributed by atoms with Gasteiger partial charge in [0.2, 0.25) is 11.8 Å².